The van der Waals surface area contributed by atoms with Crippen molar-refractivity contribution in [1.29, 1.82) is 0 Å². The van der Waals surface area contributed by atoms with E-state index in [1.54, 1.807) is 26.0 Å². The summed E-state index contributed by atoms with van der Waals surface area (Å²) in [6.07, 6.45) is 0. The molecule has 0 N–H and O–H groups in total. The molecule has 0 unspecified atom stereocenters. The van der Waals surface area contributed by atoms with Crippen LogP contribution >= 0.6 is 11.8 Å². The van der Waals surface area contributed by atoms with E-state index in [1.165, 1.54) is 9.79 Å². The van der Waals surface area contributed by atoms with Gasteiger partial charge >= 0.3 is 0 Å². The average Bonchev–Trinajstić information content (AvgIpc) is 2.65. The Bertz CT molecular complexity index is 868. The van der Waals surface area contributed by atoms with E-state index in [2.05, 4.69) is 53.4 Å². The van der Waals surface area contributed by atoms with E-state index in [9.17, 15) is 0 Å². The maximum Gasteiger partial charge on any atom is 0.146 e. The van der Waals surface area contributed by atoms with Crippen LogP contribution in [-0.2, 0) is 0 Å². The number of hydrogen-bond donors (Lipinski definition) is 0. The van der Waals surface area contributed by atoms with Gasteiger partial charge in [0.25, 0.3) is 0 Å². The minimum atomic E-state index is 0.799. The summed E-state index contributed by atoms with van der Waals surface area (Å²) in [7, 11) is 3.41. The summed E-state index contributed by atoms with van der Waals surface area (Å²) in [5.74, 6) is 1.60. The van der Waals surface area contributed by atoms with Gasteiger partial charge in [-0.25, -0.2) is 0 Å². The van der Waals surface area contributed by atoms with Crippen LogP contribution in [0.3, 0.4) is 0 Å². The quantitative estimate of drug-likeness (QED) is 0.456. The summed E-state index contributed by atoms with van der Waals surface area (Å²) in [5, 5.41) is 0. The van der Waals surface area contributed by atoms with Gasteiger partial charge in [0.2, 0.25) is 0 Å². The number of methoxy groups -OCH3 is 2. The van der Waals surface area contributed by atoms with Crippen molar-refractivity contribution in [2.24, 2.45) is 0 Å². The monoisotopic (exact) mass is 349 g/mol. The minimum absolute atomic E-state index is 0.799. The molecule has 126 valence electrons. The number of nitrogens with zero attached hydrogens (tertiary/aromatic N) is 1. The van der Waals surface area contributed by atoms with Crippen LogP contribution in [0.2, 0.25) is 0 Å². The Labute approximate surface area is 152 Å². The van der Waals surface area contributed by atoms with Crippen LogP contribution in [0.1, 0.15) is 5.56 Å². The first-order valence-corrected chi connectivity index (χ1v) is 8.93. The molecular formula is C21H19NO2S. The van der Waals surface area contributed by atoms with Gasteiger partial charge in [0.05, 0.1) is 25.6 Å². The molecule has 1 aliphatic rings. The number of anilines is 3. The Morgan fingerprint density at radius 1 is 0.760 bits per heavy atom. The molecule has 0 fully saturated rings. The summed E-state index contributed by atoms with van der Waals surface area (Å²) in [4.78, 5) is 4.66. The fraction of sp³-hybridized carbons (Fsp3) is 0.143. The lowest BCUT2D eigenvalue weighted by Gasteiger charge is -2.34. The highest BCUT2D eigenvalue weighted by Crippen LogP contribution is 2.55. The molecule has 0 saturated heterocycles. The lowest BCUT2D eigenvalue weighted by atomic mass is 10.1. The van der Waals surface area contributed by atoms with Gasteiger partial charge in [0.15, 0.2) is 0 Å². The van der Waals surface area contributed by atoms with Gasteiger partial charge in [-0.1, -0.05) is 36.0 Å². The Hall–Kier alpha value is -2.59. The molecule has 0 atom stereocenters. The standard InChI is InChI=1S/C21H19NO2S/c1-14-12-17(23-2)21(18(13-14)24-3)22-15-8-4-6-10-19(15)25-20-11-7-5-9-16(20)22/h4-13H,1-3H3. The molecule has 3 aromatic rings. The van der Waals surface area contributed by atoms with E-state index in [-0.39, 0.29) is 0 Å². The van der Waals surface area contributed by atoms with E-state index in [0.717, 1.165) is 34.1 Å². The Balaban J connectivity index is 2.04. The van der Waals surface area contributed by atoms with E-state index >= 15 is 0 Å². The lowest BCUT2D eigenvalue weighted by Crippen LogP contribution is -2.16. The van der Waals surface area contributed by atoms with Gasteiger partial charge < -0.3 is 14.4 Å². The average molecular weight is 349 g/mol. The first-order chi connectivity index (χ1) is 12.2. The number of para-hydroxylation sites is 2. The smallest absolute Gasteiger partial charge is 0.146 e. The molecule has 3 aromatic carbocycles. The zero-order valence-corrected chi connectivity index (χ0v) is 15.3. The van der Waals surface area contributed by atoms with Crippen LogP contribution in [0.15, 0.2) is 70.5 Å². The van der Waals surface area contributed by atoms with Crippen LogP contribution in [-0.4, -0.2) is 14.2 Å². The lowest BCUT2D eigenvalue weighted by molar-refractivity contribution is 0.396. The molecule has 4 heteroatoms. The second-order valence-corrected chi connectivity index (χ2v) is 6.97. The van der Waals surface area contributed by atoms with E-state index in [4.69, 9.17) is 9.47 Å². The number of rotatable bonds is 3. The third kappa shape index (κ3) is 2.63. The van der Waals surface area contributed by atoms with E-state index < -0.39 is 0 Å². The Morgan fingerprint density at radius 2 is 1.24 bits per heavy atom. The fourth-order valence-electron chi connectivity index (χ4n) is 3.19. The van der Waals surface area contributed by atoms with E-state index in [1.807, 2.05) is 19.1 Å². The molecule has 0 aromatic heterocycles. The van der Waals surface area contributed by atoms with Crippen molar-refractivity contribution >= 4 is 28.8 Å². The third-order valence-corrected chi connectivity index (χ3v) is 5.41. The van der Waals surface area contributed by atoms with Crippen molar-refractivity contribution in [3.05, 3.63) is 66.2 Å². The highest BCUT2D eigenvalue weighted by atomic mass is 32.2. The van der Waals surface area contributed by atoms with Crippen molar-refractivity contribution in [2.75, 3.05) is 19.1 Å². The molecule has 0 saturated carbocycles. The first-order valence-electron chi connectivity index (χ1n) is 8.11. The third-order valence-electron chi connectivity index (χ3n) is 4.28. The normalized spacial score (nSPS) is 12.4. The summed E-state index contributed by atoms with van der Waals surface area (Å²) >= 11 is 1.79. The minimum Gasteiger partial charge on any atom is -0.494 e. The maximum absolute atomic E-state index is 5.72. The van der Waals surface area contributed by atoms with Crippen molar-refractivity contribution < 1.29 is 9.47 Å². The molecule has 0 radical (unpaired) electrons. The molecule has 1 heterocycles. The van der Waals surface area contributed by atoms with Crippen molar-refractivity contribution in [2.45, 2.75) is 16.7 Å². The molecule has 3 nitrogen and oxygen atoms in total. The van der Waals surface area contributed by atoms with Crippen LogP contribution < -0.4 is 14.4 Å². The van der Waals surface area contributed by atoms with Gasteiger partial charge in [0.1, 0.15) is 17.2 Å². The SMILES string of the molecule is COc1cc(C)cc(OC)c1N1c2ccccc2Sc2ccccc21. The second kappa shape index (κ2) is 6.37. The zero-order valence-electron chi connectivity index (χ0n) is 14.4. The van der Waals surface area contributed by atoms with Crippen LogP contribution in [0, 0.1) is 6.92 Å². The van der Waals surface area contributed by atoms with Crippen LogP contribution in [0.4, 0.5) is 17.1 Å². The summed E-state index contributed by atoms with van der Waals surface area (Å²) in [6, 6.07) is 20.9. The second-order valence-electron chi connectivity index (χ2n) is 5.89. The molecule has 0 spiro atoms. The predicted octanol–water partition coefficient (Wildman–Crippen LogP) is 5.95. The number of aryl methyl sites for hydroxylation is 1. The molecule has 1 aliphatic heterocycles. The highest BCUT2D eigenvalue weighted by molar-refractivity contribution is 7.99. The molecule has 0 amide bonds. The summed E-state index contributed by atoms with van der Waals surface area (Å²) in [5.41, 5.74) is 4.29. The largest absolute Gasteiger partial charge is 0.494 e. The molecule has 25 heavy (non-hydrogen) atoms. The van der Waals surface area contributed by atoms with Crippen molar-refractivity contribution in [1.82, 2.24) is 0 Å². The van der Waals surface area contributed by atoms with Crippen molar-refractivity contribution in [3.8, 4) is 11.5 Å². The Kier molecular flexibility index (Phi) is 4.06. The molecule has 0 bridgehead atoms. The van der Waals surface area contributed by atoms with Gasteiger partial charge in [-0.3, -0.25) is 0 Å². The number of hydrogen-bond acceptors (Lipinski definition) is 4. The number of fused-ring (bicyclic) bond motifs is 2. The van der Waals surface area contributed by atoms with E-state index in [0.29, 0.717) is 0 Å². The highest BCUT2D eigenvalue weighted by Gasteiger charge is 2.29. The maximum atomic E-state index is 5.72. The van der Waals surface area contributed by atoms with Crippen LogP contribution in [0.5, 0.6) is 11.5 Å². The fourth-order valence-corrected chi connectivity index (χ4v) is 4.25. The number of ether oxygens (including phenoxy) is 2. The van der Waals surface area contributed by atoms with Gasteiger partial charge in [-0.05, 0) is 48.9 Å². The molecule has 4 rings (SSSR count). The number of benzene rings is 3. The van der Waals surface area contributed by atoms with Gasteiger partial charge in [0, 0.05) is 9.79 Å². The predicted molar refractivity (Wildman–Crippen MR) is 103 cm³/mol. The van der Waals surface area contributed by atoms with Gasteiger partial charge in [-0.2, -0.15) is 0 Å². The van der Waals surface area contributed by atoms with Crippen LogP contribution in [0.25, 0.3) is 0 Å². The topological polar surface area (TPSA) is 21.7 Å². The van der Waals surface area contributed by atoms with Gasteiger partial charge in [-0.15, -0.1) is 0 Å². The zero-order chi connectivity index (χ0) is 17.4. The summed E-state index contributed by atoms with van der Waals surface area (Å²) < 4.78 is 11.4. The molecular weight excluding hydrogens is 330 g/mol. The first kappa shape index (κ1) is 15.9. The van der Waals surface area contributed by atoms with Crippen molar-refractivity contribution in [3.63, 3.8) is 0 Å². The molecule has 0 aliphatic carbocycles. The Morgan fingerprint density at radius 3 is 1.72 bits per heavy atom. The summed E-state index contributed by atoms with van der Waals surface area (Å²) in [6.45, 7) is 2.04.